The van der Waals surface area contributed by atoms with Gasteiger partial charge in [-0.15, -0.1) is 0 Å². The first-order valence-electron chi connectivity index (χ1n) is 4.60. The molecule has 84 valence electrons. The molecule has 0 atom stereocenters. The summed E-state index contributed by atoms with van der Waals surface area (Å²) in [7, 11) is 3.56. The van der Waals surface area contributed by atoms with E-state index in [0.29, 0.717) is 16.9 Å². The molecular formula is C9H14BrN3O2. The molecular weight excluding hydrogens is 262 g/mol. The Balaban J connectivity index is 2.69. The number of halogens is 1. The highest BCUT2D eigenvalue weighted by atomic mass is 79.9. The summed E-state index contributed by atoms with van der Waals surface area (Å²) in [4.78, 5) is 19.8. The third-order valence-electron chi connectivity index (χ3n) is 1.98. The van der Waals surface area contributed by atoms with Crippen molar-refractivity contribution >= 4 is 21.7 Å². The van der Waals surface area contributed by atoms with Gasteiger partial charge in [-0.1, -0.05) is 0 Å². The van der Waals surface area contributed by atoms with E-state index in [9.17, 15) is 4.79 Å². The van der Waals surface area contributed by atoms with E-state index in [2.05, 4.69) is 25.9 Å². The summed E-state index contributed by atoms with van der Waals surface area (Å²) in [5, 5.41) is 0. The van der Waals surface area contributed by atoms with Crippen LogP contribution in [0.2, 0.25) is 0 Å². The highest BCUT2D eigenvalue weighted by molar-refractivity contribution is 9.10. The van der Waals surface area contributed by atoms with Gasteiger partial charge in [0.15, 0.2) is 0 Å². The van der Waals surface area contributed by atoms with Crippen molar-refractivity contribution in [3.05, 3.63) is 21.2 Å². The third kappa shape index (κ3) is 3.32. The molecule has 0 bridgehead atoms. The second-order valence-corrected chi connectivity index (χ2v) is 3.93. The lowest BCUT2D eigenvalue weighted by Gasteiger charge is -2.18. The summed E-state index contributed by atoms with van der Waals surface area (Å²) in [5.74, 6) is 0.648. The Morgan fingerprint density at radius 3 is 3.07 bits per heavy atom. The molecule has 6 heteroatoms. The normalized spacial score (nSPS) is 10.3. The standard InChI is InChI=1S/C9H14BrN3O2/c1-13(4-3-5-15-2)8-7(10)9(14)12-6-11-8/h6H,3-5H2,1-2H3,(H,11,12,14). The SMILES string of the molecule is COCCCN(C)c1nc[nH]c(=O)c1Br. The molecule has 0 spiro atoms. The summed E-state index contributed by atoms with van der Waals surface area (Å²) in [6.45, 7) is 1.49. The molecule has 1 N–H and O–H groups in total. The maximum atomic E-state index is 11.3. The van der Waals surface area contributed by atoms with Crippen LogP contribution in [0, 0.1) is 0 Å². The molecule has 0 aromatic carbocycles. The zero-order valence-electron chi connectivity index (χ0n) is 8.79. The average molecular weight is 276 g/mol. The van der Waals surface area contributed by atoms with Crippen molar-refractivity contribution in [1.82, 2.24) is 9.97 Å². The molecule has 1 aromatic rings. The number of methoxy groups -OCH3 is 1. The van der Waals surface area contributed by atoms with E-state index in [1.54, 1.807) is 7.11 Å². The van der Waals surface area contributed by atoms with E-state index < -0.39 is 0 Å². The van der Waals surface area contributed by atoms with E-state index in [-0.39, 0.29) is 5.56 Å². The van der Waals surface area contributed by atoms with Crippen molar-refractivity contribution in [2.45, 2.75) is 6.42 Å². The maximum Gasteiger partial charge on any atom is 0.267 e. The second kappa shape index (κ2) is 5.87. The van der Waals surface area contributed by atoms with E-state index >= 15 is 0 Å². The number of hydrogen-bond acceptors (Lipinski definition) is 4. The lowest BCUT2D eigenvalue weighted by atomic mass is 10.4. The highest BCUT2D eigenvalue weighted by Gasteiger charge is 2.09. The van der Waals surface area contributed by atoms with Gasteiger partial charge >= 0.3 is 0 Å². The van der Waals surface area contributed by atoms with Gasteiger partial charge < -0.3 is 14.6 Å². The van der Waals surface area contributed by atoms with E-state index in [4.69, 9.17) is 4.74 Å². The first-order chi connectivity index (χ1) is 7.16. The van der Waals surface area contributed by atoms with Gasteiger partial charge in [0.05, 0.1) is 6.33 Å². The van der Waals surface area contributed by atoms with Crippen LogP contribution in [0.15, 0.2) is 15.6 Å². The van der Waals surface area contributed by atoms with Crippen molar-refractivity contribution < 1.29 is 4.74 Å². The lowest BCUT2D eigenvalue weighted by molar-refractivity contribution is 0.196. The van der Waals surface area contributed by atoms with Gasteiger partial charge in [-0.3, -0.25) is 4.79 Å². The average Bonchev–Trinajstić information content (AvgIpc) is 2.22. The van der Waals surface area contributed by atoms with Gasteiger partial charge in [0, 0.05) is 27.3 Å². The van der Waals surface area contributed by atoms with Gasteiger partial charge in [0.2, 0.25) is 0 Å². The van der Waals surface area contributed by atoms with Crippen LogP contribution >= 0.6 is 15.9 Å². The van der Waals surface area contributed by atoms with Crippen molar-refractivity contribution in [1.29, 1.82) is 0 Å². The summed E-state index contributed by atoms with van der Waals surface area (Å²) < 4.78 is 5.42. The van der Waals surface area contributed by atoms with Gasteiger partial charge in [0.1, 0.15) is 10.3 Å². The number of anilines is 1. The van der Waals surface area contributed by atoms with E-state index in [0.717, 1.165) is 13.0 Å². The number of aromatic amines is 1. The molecule has 0 saturated heterocycles. The molecule has 1 aromatic heterocycles. The Hall–Kier alpha value is -0.880. The minimum absolute atomic E-state index is 0.168. The maximum absolute atomic E-state index is 11.3. The minimum Gasteiger partial charge on any atom is -0.385 e. The van der Waals surface area contributed by atoms with E-state index in [1.165, 1.54) is 6.33 Å². The Morgan fingerprint density at radius 1 is 1.67 bits per heavy atom. The summed E-state index contributed by atoms with van der Waals surface area (Å²) >= 11 is 3.21. The third-order valence-corrected chi connectivity index (χ3v) is 2.70. The Morgan fingerprint density at radius 2 is 2.40 bits per heavy atom. The van der Waals surface area contributed by atoms with Crippen LogP contribution in [-0.4, -0.2) is 37.3 Å². The predicted molar refractivity (Wildman–Crippen MR) is 62.3 cm³/mol. The molecule has 15 heavy (non-hydrogen) atoms. The van der Waals surface area contributed by atoms with Gasteiger partial charge in [-0.05, 0) is 22.4 Å². The van der Waals surface area contributed by atoms with Crippen LogP contribution in [0.5, 0.6) is 0 Å². The fourth-order valence-electron chi connectivity index (χ4n) is 1.19. The molecule has 5 nitrogen and oxygen atoms in total. The molecule has 0 unspecified atom stereocenters. The first-order valence-corrected chi connectivity index (χ1v) is 5.39. The minimum atomic E-state index is -0.168. The number of rotatable bonds is 5. The van der Waals surface area contributed by atoms with Crippen LogP contribution < -0.4 is 10.5 Å². The molecule has 0 fully saturated rings. The van der Waals surface area contributed by atoms with Crippen LogP contribution in [0.1, 0.15) is 6.42 Å². The Kier molecular flexibility index (Phi) is 4.77. The number of aromatic nitrogens is 2. The summed E-state index contributed by atoms with van der Waals surface area (Å²) in [6.07, 6.45) is 2.29. The molecule has 1 rings (SSSR count). The zero-order chi connectivity index (χ0) is 11.3. The molecule has 1 heterocycles. The highest BCUT2D eigenvalue weighted by Crippen LogP contribution is 2.17. The molecule has 0 aliphatic carbocycles. The van der Waals surface area contributed by atoms with Gasteiger partial charge in [-0.25, -0.2) is 4.98 Å². The largest absolute Gasteiger partial charge is 0.385 e. The number of H-pyrrole nitrogens is 1. The number of hydrogen-bond donors (Lipinski definition) is 1. The molecule has 0 aliphatic rings. The monoisotopic (exact) mass is 275 g/mol. The lowest BCUT2D eigenvalue weighted by Crippen LogP contribution is -2.24. The van der Waals surface area contributed by atoms with Crippen LogP contribution in [0.4, 0.5) is 5.82 Å². The first kappa shape index (κ1) is 12.2. The Labute approximate surface area is 96.6 Å². The molecule has 0 saturated carbocycles. The molecule has 0 aliphatic heterocycles. The van der Waals surface area contributed by atoms with Gasteiger partial charge in [-0.2, -0.15) is 0 Å². The smallest absolute Gasteiger partial charge is 0.267 e. The van der Waals surface area contributed by atoms with Crippen molar-refractivity contribution in [3.8, 4) is 0 Å². The van der Waals surface area contributed by atoms with Crippen LogP contribution in [-0.2, 0) is 4.74 Å². The predicted octanol–water partition coefficient (Wildman–Crippen LogP) is 1.01. The summed E-state index contributed by atoms with van der Waals surface area (Å²) in [6, 6.07) is 0. The topological polar surface area (TPSA) is 58.2 Å². The number of nitrogens with one attached hydrogen (secondary N) is 1. The summed E-state index contributed by atoms with van der Waals surface area (Å²) in [5.41, 5.74) is -0.168. The van der Waals surface area contributed by atoms with Crippen molar-refractivity contribution in [2.24, 2.45) is 0 Å². The number of nitrogens with zero attached hydrogens (tertiary/aromatic N) is 2. The van der Waals surface area contributed by atoms with Crippen LogP contribution in [0.25, 0.3) is 0 Å². The van der Waals surface area contributed by atoms with Crippen molar-refractivity contribution in [3.63, 3.8) is 0 Å². The van der Waals surface area contributed by atoms with Crippen LogP contribution in [0.3, 0.4) is 0 Å². The Bertz CT molecular complexity index is 367. The second-order valence-electron chi connectivity index (χ2n) is 3.14. The quantitative estimate of drug-likeness (QED) is 0.815. The molecule has 0 amide bonds. The fourth-order valence-corrected chi connectivity index (χ4v) is 1.71. The number of ether oxygens (including phenoxy) is 1. The molecule has 0 radical (unpaired) electrons. The zero-order valence-corrected chi connectivity index (χ0v) is 10.4. The van der Waals surface area contributed by atoms with E-state index in [1.807, 2.05) is 11.9 Å². The fraction of sp³-hybridized carbons (Fsp3) is 0.556. The van der Waals surface area contributed by atoms with Crippen molar-refractivity contribution in [2.75, 3.05) is 32.2 Å². The van der Waals surface area contributed by atoms with Gasteiger partial charge in [0.25, 0.3) is 5.56 Å².